The summed E-state index contributed by atoms with van der Waals surface area (Å²) in [6.07, 6.45) is 3.82. The number of β-amino-alcohol motifs (C(OH)–C–C–N with tert-alkyl or cyclic N) is 1. The highest BCUT2D eigenvalue weighted by Gasteiger charge is 2.36. The number of nitrogens with zero attached hydrogens (tertiary/aromatic N) is 1. The Labute approximate surface area is 95.3 Å². The number of piperidine rings is 1. The number of aliphatic hydroxyl groups excluding tert-OH is 1. The Hall–Kier alpha value is -1.29. The molecule has 1 aromatic rings. The van der Waals surface area contributed by atoms with Crippen molar-refractivity contribution >= 4 is 5.91 Å². The largest absolute Gasteiger partial charge is 0.391 e. The van der Waals surface area contributed by atoms with Crippen LogP contribution >= 0.6 is 0 Å². The molecule has 1 saturated heterocycles. The molecule has 1 aliphatic rings. The molecule has 0 bridgehead atoms. The lowest BCUT2D eigenvalue weighted by atomic mass is 9.80. The Balaban J connectivity index is 2.06. The first-order chi connectivity index (χ1) is 7.50. The lowest BCUT2D eigenvalue weighted by molar-refractivity contribution is -0.0190. The van der Waals surface area contributed by atoms with E-state index in [1.165, 1.54) is 0 Å². The molecular weight excluding hydrogens is 204 g/mol. The Morgan fingerprint density at radius 1 is 1.62 bits per heavy atom. The molecule has 2 N–H and O–H groups in total. The summed E-state index contributed by atoms with van der Waals surface area (Å²) < 4.78 is 0. The minimum atomic E-state index is -0.441. The number of carbonyl (C=O) groups excluding carboxylic acids is 1. The van der Waals surface area contributed by atoms with Crippen LogP contribution in [0.4, 0.5) is 0 Å². The summed E-state index contributed by atoms with van der Waals surface area (Å²) in [7, 11) is 0. The zero-order valence-corrected chi connectivity index (χ0v) is 9.73. The maximum absolute atomic E-state index is 12.0. The summed E-state index contributed by atoms with van der Waals surface area (Å²) in [5.41, 5.74) is 0.571. The molecule has 1 unspecified atom stereocenters. The first kappa shape index (κ1) is 11.2. The van der Waals surface area contributed by atoms with Gasteiger partial charge in [0.25, 0.3) is 5.91 Å². The normalized spacial score (nSPS) is 24.4. The van der Waals surface area contributed by atoms with E-state index in [1.54, 1.807) is 23.4 Å². The predicted octanol–water partition coefficient (Wildman–Crippen LogP) is 1.25. The maximum atomic E-state index is 12.0. The van der Waals surface area contributed by atoms with Gasteiger partial charge in [-0.25, -0.2) is 0 Å². The van der Waals surface area contributed by atoms with Gasteiger partial charge in [-0.1, -0.05) is 13.8 Å². The summed E-state index contributed by atoms with van der Waals surface area (Å²) >= 11 is 0. The van der Waals surface area contributed by atoms with Crippen molar-refractivity contribution in [2.45, 2.75) is 26.4 Å². The van der Waals surface area contributed by atoms with Gasteiger partial charge in [-0.15, -0.1) is 0 Å². The van der Waals surface area contributed by atoms with Crippen LogP contribution in [0.3, 0.4) is 0 Å². The molecule has 0 aliphatic carbocycles. The zero-order valence-electron chi connectivity index (χ0n) is 9.73. The summed E-state index contributed by atoms with van der Waals surface area (Å²) in [6, 6.07) is 1.76. The van der Waals surface area contributed by atoms with Crippen molar-refractivity contribution in [1.82, 2.24) is 9.88 Å². The number of aromatic amines is 1. The lowest BCUT2D eigenvalue weighted by Crippen LogP contribution is -2.50. The van der Waals surface area contributed by atoms with Crippen molar-refractivity contribution < 1.29 is 9.90 Å². The second kappa shape index (κ2) is 3.94. The molecule has 0 aromatic carbocycles. The molecule has 0 radical (unpaired) electrons. The zero-order chi connectivity index (χ0) is 11.8. The summed E-state index contributed by atoms with van der Waals surface area (Å²) in [5.74, 6) is -0.00389. The van der Waals surface area contributed by atoms with Crippen molar-refractivity contribution in [1.29, 1.82) is 0 Å². The molecule has 88 valence electrons. The van der Waals surface area contributed by atoms with Crippen molar-refractivity contribution in [3.63, 3.8) is 0 Å². The second-order valence-corrected chi connectivity index (χ2v) is 5.11. The lowest BCUT2D eigenvalue weighted by Gasteiger charge is -2.41. The van der Waals surface area contributed by atoms with E-state index in [4.69, 9.17) is 0 Å². The number of H-pyrrole nitrogens is 1. The second-order valence-electron chi connectivity index (χ2n) is 5.11. The van der Waals surface area contributed by atoms with Gasteiger partial charge in [0.1, 0.15) is 0 Å². The maximum Gasteiger partial charge on any atom is 0.255 e. The standard InChI is InChI=1S/C12H18N2O2/c1-12(2)4-6-14(8-10(12)15)11(16)9-3-5-13-7-9/h3,5,7,10,13,15H,4,6,8H2,1-2H3. The van der Waals surface area contributed by atoms with Crippen molar-refractivity contribution in [3.8, 4) is 0 Å². The van der Waals surface area contributed by atoms with E-state index in [9.17, 15) is 9.90 Å². The minimum Gasteiger partial charge on any atom is -0.391 e. The van der Waals surface area contributed by atoms with Gasteiger partial charge in [0, 0.05) is 25.5 Å². The summed E-state index contributed by atoms with van der Waals surface area (Å²) in [6.45, 7) is 5.22. The monoisotopic (exact) mass is 222 g/mol. The third kappa shape index (κ3) is 1.97. The van der Waals surface area contributed by atoms with Gasteiger partial charge >= 0.3 is 0 Å². The van der Waals surface area contributed by atoms with Gasteiger partial charge in [-0.05, 0) is 17.9 Å². The Morgan fingerprint density at radius 2 is 2.38 bits per heavy atom. The van der Waals surface area contributed by atoms with Crippen LogP contribution in [0.1, 0.15) is 30.6 Å². The third-order valence-electron chi connectivity index (χ3n) is 3.45. The van der Waals surface area contributed by atoms with E-state index in [0.717, 1.165) is 6.42 Å². The number of hydrogen-bond acceptors (Lipinski definition) is 2. The Kier molecular flexibility index (Phi) is 2.76. The predicted molar refractivity (Wildman–Crippen MR) is 61.1 cm³/mol. The molecule has 2 rings (SSSR count). The van der Waals surface area contributed by atoms with Crippen LogP contribution in [-0.4, -0.2) is 40.1 Å². The molecular formula is C12H18N2O2. The molecule has 0 saturated carbocycles. The molecule has 2 heterocycles. The van der Waals surface area contributed by atoms with E-state index in [-0.39, 0.29) is 11.3 Å². The average Bonchev–Trinajstić information content (AvgIpc) is 2.74. The molecule has 1 aliphatic heterocycles. The fraction of sp³-hybridized carbons (Fsp3) is 0.583. The summed E-state index contributed by atoms with van der Waals surface area (Å²) in [5, 5.41) is 9.95. The first-order valence-electron chi connectivity index (χ1n) is 5.61. The van der Waals surface area contributed by atoms with Crippen LogP contribution in [-0.2, 0) is 0 Å². The minimum absolute atomic E-state index is 0.00389. The molecule has 1 amide bonds. The number of carbonyl (C=O) groups is 1. The molecule has 0 spiro atoms. The van der Waals surface area contributed by atoms with Gasteiger partial charge in [0.05, 0.1) is 11.7 Å². The molecule has 16 heavy (non-hydrogen) atoms. The van der Waals surface area contributed by atoms with E-state index >= 15 is 0 Å². The number of nitrogens with one attached hydrogen (secondary N) is 1. The quantitative estimate of drug-likeness (QED) is 0.751. The van der Waals surface area contributed by atoms with E-state index < -0.39 is 6.10 Å². The molecule has 4 nitrogen and oxygen atoms in total. The van der Waals surface area contributed by atoms with Crippen LogP contribution in [0.15, 0.2) is 18.5 Å². The number of hydrogen-bond donors (Lipinski definition) is 2. The number of aliphatic hydroxyl groups is 1. The topological polar surface area (TPSA) is 56.3 Å². The van der Waals surface area contributed by atoms with Crippen LogP contribution < -0.4 is 0 Å². The fourth-order valence-corrected chi connectivity index (χ4v) is 1.96. The van der Waals surface area contributed by atoms with Gasteiger partial charge in [0.2, 0.25) is 0 Å². The molecule has 1 fully saturated rings. The van der Waals surface area contributed by atoms with Crippen LogP contribution in [0, 0.1) is 5.41 Å². The fourth-order valence-electron chi connectivity index (χ4n) is 1.96. The van der Waals surface area contributed by atoms with Crippen molar-refractivity contribution in [2.75, 3.05) is 13.1 Å². The number of amides is 1. The van der Waals surface area contributed by atoms with Crippen molar-refractivity contribution in [2.24, 2.45) is 5.41 Å². The summed E-state index contributed by atoms with van der Waals surface area (Å²) in [4.78, 5) is 16.6. The first-order valence-corrected chi connectivity index (χ1v) is 5.61. The number of aromatic nitrogens is 1. The highest BCUT2D eigenvalue weighted by Crippen LogP contribution is 2.30. The average molecular weight is 222 g/mol. The van der Waals surface area contributed by atoms with E-state index in [0.29, 0.717) is 18.7 Å². The molecule has 1 aromatic heterocycles. The highest BCUT2D eigenvalue weighted by atomic mass is 16.3. The van der Waals surface area contributed by atoms with Crippen LogP contribution in [0.5, 0.6) is 0 Å². The van der Waals surface area contributed by atoms with E-state index in [1.807, 2.05) is 13.8 Å². The van der Waals surface area contributed by atoms with Crippen molar-refractivity contribution in [3.05, 3.63) is 24.0 Å². The van der Waals surface area contributed by atoms with Gasteiger partial charge < -0.3 is 15.0 Å². The van der Waals surface area contributed by atoms with Crippen LogP contribution in [0.25, 0.3) is 0 Å². The SMILES string of the molecule is CC1(C)CCN(C(=O)c2cc[nH]c2)CC1O. The Bertz CT molecular complexity index is 370. The number of rotatable bonds is 1. The smallest absolute Gasteiger partial charge is 0.255 e. The highest BCUT2D eigenvalue weighted by molar-refractivity contribution is 5.94. The van der Waals surface area contributed by atoms with Gasteiger partial charge in [-0.3, -0.25) is 4.79 Å². The molecule has 4 heteroatoms. The molecule has 1 atom stereocenters. The van der Waals surface area contributed by atoms with Crippen LogP contribution in [0.2, 0.25) is 0 Å². The number of likely N-dealkylation sites (tertiary alicyclic amines) is 1. The van der Waals surface area contributed by atoms with Gasteiger partial charge in [0.15, 0.2) is 0 Å². The van der Waals surface area contributed by atoms with Gasteiger partial charge in [-0.2, -0.15) is 0 Å². The third-order valence-corrected chi connectivity index (χ3v) is 3.45. The van der Waals surface area contributed by atoms with E-state index in [2.05, 4.69) is 4.98 Å². The Morgan fingerprint density at radius 3 is 2.94 bits per heavy atom.